The number of aromatic hydroxyl groups is 1. The highest BCUT2D eigenvalue weighted by Gasteiger charge is 2.16. The van der Waals surface area contributed by atoms with Gasteiger partial charge in [0.15, 0.2) is 0 Å². The molecule has 0 spiro atoms. The van der Waals surface area contributed by atoms with Gasteiger partial charge >= 0.3 is 0 Å². The molecule has 5 heteroatoms. The smallest absolute Gasteiger partial charge is 0.260 e. The number of nitrogens with one attached hydrogen (secondary N) is 1. The van der Waals surface area contributed by atoms with Crippen LogP contribution < -0.4 is 5.32 Å². The van der Waals surface area contributed by atoms with Crippen LogP contribution in [0.4, 0.5) is 10.1 Å². The van der Waals surface area contributed by atoms with Crippen LogP contribution in [0.2, 0.25) is 5.02 Å². The summed E-state index contributed by atoms with van der Waals surface area (Å²) < 4.78 is 13.6. The summed E-state index contributed by atoms with van der Waals surface area (Å²) in [7, 11) is 0. The van der Waals surface area contributed by atoms with Gasteiger partial charge in [0.1, 0.15) is 11.6 Å². The fourth-order valence-corrected chi connectivity index (χ4v) is 1.94. The van der Waals surface area contributed by atoms with Crippen molar-refractivity contribution in [2.75, 3.05) is 5.32 Å². The number of phenols is 1. The Balaban J connectivity index is 2.31. The van der Waals surface area contributed by atoms with Gasteiger partial charge in [-0.1, -0.05) is 17.7 Å². The van der Waals surface area contributed by atoms with Crippen molar-refractivity contribution in [1.29, 1.82) is 0 Å². The van der Waals surface area contributed by atoms with Gasteiger partial charge in [-0.15, -0.1) is 0 Å². The van der Waals surface area contributed by atoms with Gasteiger partial charge in [-0.25, -0.2) is 4.39 Å². The number of phenolic OH excluding ortho intramolecular Hbond substituents is 1. The van der Waals surface area contributed by atoms with E-state index >= 15 is 0 Å². The summed E-state index contributed by atoms with van der Waals surface area (Å²) in [4.78, 5) is 12.0. The topological polar surface area (TPSA) is 49.3 Å². The third-order valence-electron chi connectivity index (χ3n) is 2.65. The molecular weight excluding hydrogens is 269 g/mol. The molecule has 0 aliphatic rings. The van der Waals surface area contributed by atoms with E-state index in [1.165, 1.54) is 36.4 Å². The van der Waals surface area contributed by atoms with E-state index in [4.69, 9.17) is 11.6 Å². The van der Waals surface area contributed by atoms with E-state index in [1.807, 2.05) is 0 Å². The van der Waals surface area contributed by atoms with Crippen molar-refractivity contribution in [2.24, 2.45) is 0 Å². The number of rotatable bonds is 2. The standard InChI is InChI=1S/C14H11ClFNO2/c1-8-7-9(18)5-6-12(8)17-14(19)13-10(15)3-2-4-11(13)16/h2-7,18H,1H3,(H,17,19). The molecule has 0 saturated heterocycles. The summed E-state index contributed by atoms with van der Waals surface area (Å²) in [6, 6.07) is 8.52. The van der Waals surface area contributed by atoms with Crippen molar-refractivity contribution in [3.63, 3.8) is 0 Å². The van der Waals surface area contributed by atoms with Gasteiger partial charge in [-0.2, -0.15) is 0 Å². The lowest BCUT2D eigenvalue weighted by atomic mass is 10.1. The van der Waals surface area contributed by atoms with Gasteiger partial charge < -0.3 is 10.4 Å². The maximum absolute atomic E-state index is 13.6. The molecule has 98 valence electrons. The summed E-state index contributed by atoms with van der Waals surface area (Å²) in [6.07, 6.45) is 0. The zero-order valence-electron chi connectivity index (χ0n) is 10.1. The van der Waals surface area contributed by atoms with Crippen molar-refractivity contribution in [2.45, 2.75) is 6.92 Å². The molecule has 0 radical (unpaired) electrons. The Labute approximate surface area is 114 Å². The summed E-state index contributed by atoms with van der Waals surface area (Å²) >= 11 is 5.81. The van der Waals surface area contributed by atoms with Crippen LogP contribution in [0, 0.1) is 12.7 Å². The number of benzene rings is 2. The number of aryl methyl sites for hydroxylation is 1. The highest BCUT2D eigenvalue weighted by molar-refractivity contribution is 6.34. The minimum Gasteiger partial charge on any atom is -0.508 e. The van der Waals surface area contributed by atoms with Crippen LogP contribution in [0.15, 0.2) is 36.4 Å². The van der Waals surface area contributed by atoms with Gasteiger partial charge in [-0.3, -0.25) is 4.79 Å². The average Bonchev–Trinajstić information content (AvgIpc) is 2.32. The third kappa shape index (κ3) is 2.85. The van der Waals surface area contributed by atoms with E-state index < -0.39 is 11.7 Å². The van der Waals surface area contributed by atoms with E-state index in [-0.39, 0.29) is 16.3 Å². The molecule has 0 atom stereocenters. The van der Waals surface area contributed by atoms with Crippen molar-refractivity contribution < 1.29 is 14.3 Å². The number of carbonyl (C=O) groups is 1. The zero-order chi connectivity index (χ0) is 14.0. The molecular formula is C14H11ClFNO2. The summed E-state index contributed by atoms with van der Waals surface area (Å²) in [5.41, 5.74) is 0.958. The van der Waals surface area contributed by atoms with Crippen molar-refractivity contribution in [1.82, 2.24) is 0 Å². The first kappa shape index (κ1) is 13.4. The molecule has 2 aromatic carbocycles. The van der Waals surface area contributed by atoms with Crippen LogP contribution in [-0.2, 0) is 0 Å². The van der Waals surface area contributed by atoms with Gasteiger partial charge in [0.25, 0.3) is 5.91 Å². The molecule has 0 aromatic heterocycles. The summed E-state index contributed by atoms with van der Waals surface area (Å²) in [6.45, 7) is 1.72. The largest absolute Gasteiger partial charge is 0.508 e. The number of carbonyl (C=O) groups excluding carboxylic acids is 1. The van der Waals surface area contributed by atoms with Crippen LogP contribution in [0.1, 0.15) is 15.9 Å². The number of hydrogen-bond acceptors (Lipinski definition) is 2. The minimum atomic E-state index is -0.679. The second-order valence-electron chi connectivity index (χ2n) is 4.05. The van der Waals surface area contributed by atoms with Crippen LogP contribution in [0.3, 0.4) is 0 Å². The molecule has 2 rings (SSSR count). The summed E-state index contributed by atoms with van der Waals surface area (Å²) in [5.74, 6) is -1.21. The average molecular weight is 280 g/mol. The van der Waals surface area contributed by atoms with Crippen LogP contribution in [0.25, 0.3) is 0 Å². The first-order chi connectivity index (χ1) is 8.99. The van der Waals surface area contributed by atoms with Gasteiger partial charge in [0.2, 0.25) is 0 Å². The molecule has 2 N–H and O–H groups in total. The maximum atomic E-state index is 13.6. The number of anilines is 1. The lowest BCUT2D eigenvalue weighted by Gasteiger charge is -2.10. The van der Waals surface area contributed by atoms with Gasteiger partial charge in [0.05, 0.1) is 10.6 Å². The number of amides is 1. The third-order valence-corrected chi connectivity index (χ3v) is 2.96. The Morgan fingerprint density at radius 3 is 2.68 bits per heavy atom. The molecule has 3 nitrogen and oxygen atoms in total. The zero-order valence-corrected chi connectivity index (χ0v) is 10.8. The molecule has 0 saturated carbocycles. The fourth-order valence-electron chi connectivity index (χ4n) is 1.69. The number of halogens is 2. The molecule has 1 amide bonds. The lowest BCUT2D eigenvalue weighted by molar-refractivity contribution is 0.102. The Hall–Kier alpha value is -2.07. The Morgan fingerprint density at radius 2 is 2.05 bits per heavy atom. The van der Waals surface area contributed by atoms with Crippen molar-refractivity contribution >= 4 is 23.2 Å². The van der Waals surface area contributed by atoms with Crippen LogP contribution >= 0.6 is 11.6 Å². The van der Waals surface area contributed by atoms with E-state index in [2.05, 4.69) is 5.32 Å². The molecule has 19 heavy (non-hydrogen) atoms. The predicted octanol–water partition coefficient (Wildman–Crippen LogP) is 3.75. The Kier molecular flexibility index (Phi) is 3.71. The summed E-state index contributed by atoms with van der Waals surface area (Å²) in [5, 5.41) is 11.9. The second kappa shape index (κ2) is 5.28. The first-order valence-electron chi connectivity index (χ1n) is 5.54. The molecule has 0 heterocycles. The maximum Gasteiger partial charge on any atom is 0.260 e. The first-order valence-corrected chi connectivity index (χ1v) is 5.92. The Morgan fingerprint density at radius 1 is 1.32 bits per heavy atom. The SMILES string of the molecule is Cc1cc(O)ccc1NC(=O)c1c(F)cccc1Cl. The molecule has 0 aliphatic carbocycles. The second-order valence-corrected chi connectivity index (χ2v) is 4.46. The monoisotopic (exact) mass is 279 g/mol. The van der Waals surface area contributed by atoms with E-state index in [0.717, 1.165) is 0 Å². The lowest BCUT2D eigenvalue weighted by Crippen LogP contribution is -2.15. The van der Waals surface area contributed by atoms with Crippen LogP contribution in [0.5, 0.6) is 5.75 Å². The highest BCUT2D eigenvalue weighted by atomic mass is 35.5. The van der Waals surface area contributed by atoms with Gasteiger partial charge in [-0.05, 0) is 42.8 Å². The van der Waals surface area contributed by atoms with E-state index in [1.54, 1.807) is 6.92 Å². The van der Waals surface area contributed by atoms with Gasteiger partial charge in [0, 0.05) is 5.69 Å². The quantitative estimate of drug-likeness (QED) is 0.823. The Bertz CT molecular complexity index is 623. The highest BCUT2D eigenvalue weighted by Crippen LogP contribution is 2.23. The van der Waals surface area contributed by atoms with Crippen molar-refractivity contribution in [3.8, 4) is 5.75 Å². The van der Waals surface area contributed by atoms with Crippen LogP contribution in [-0.4, -0.2) is 11.0 Å². The molecule has 0 bridgehead atoms. The van der Waals surface area contributed by atoms with E-state index in [9.17, 15) is 14.3 Å². The normalized spacial score (nSPS) is 10.3. The van der Waals surface area contributed by atoms with Crippen molar-refractivity contribution in [3.05, 3.63) is 58.4 Å². The predicted molar refractivity (Wildman–Crippen MR) is 72.2 cm³/mol. The number of hydrogen-bond donors (Lipinski definition) is 2. The molecule has 0 unspecified atom stereocenters. The fraction of sp³-hybridized carbons (Fsp3) is 0.0714. The van der Waals surface area contributed by atoms with E-state index in [0.29, 0.717) is 11.3 Å². The molecule has 0 fully saturated rings. The molecule has 0 aliphatic heterocycles. The minimum absolute atomic E-state index is 0.0499. The molecule has 2 aromatic rings.